The van der Waals surface area contributed by atoms with Gasteiger partial charge in [0.2, 0.25) is 0 Å². The van der Waals surface area contributed by atoms with Crippen molar-refractivity contribution < 1.29 is 18.3 Å². The normalized spacial score (nSPS) is 12.9. The van der Waals surface area contributed by atoms with E-state index in [4.69, 9.17) is 5.11 Å². The van der Waals surface area contributed by atoms with Crippen molar-refractivity contribution in [1.82, 2.24) is 0 Å². The molecule has 0 saturated carbocycles. The second kappa shape index (κ2) is 4.90. The zero-order valence-electron chi connectivity index (χ0n) is 8.35. The predicted octanol–water partition coefficient (Wildman–Crippen LogP) is 2.75. The first-order valence-electron chi connectivity index (χ1n) is 4.35. The van der Waals surface area contributed by atoms with Crippen LogP contribution in [0.4, 0.5) is 13.2 Å². The highest BCUT2D eigenvalue weighted by Gasteiger charge is 2.18. The Balaban J connectivity index is 3.21. The van der Waals surface area contributed by atoms with E-state index >= 15 is 0 Å². The van der Waals surface area contributed by atoms with Gasteiger partial charge in [-0.15, -0.1) is 11.8 Å². The number of hydrogen-bond donors (Lipinski definition) is 1. The van der Waals surface area contributed by atoms with E-state index in [2.05, 4.69) is 0 Å². The van der Waals surface area contributed by atoms with Gasteiger partial charge in [0.1, 0.15) is 5.82 Å². The van der Waals surface area contributed by atoms with Gasteiger partial charge < -0.3 is 5.11 Å². The number of thioether (sulfide) groups is 1. The average molecular weight is 236 g/mol. The highest BCUT2D eigenvalue weighted by Crippen LogP contribution is 2.27. The maximum atomic E-state index is 13.3. The van der Waals surface area contributed by atoms with Crippen molar-refractivity contribution in [2.24, 2.45) is 0 Å². The van der Waals surface area contributed by atoms with Crippen LogP contribution in [0.3, 0.4) is 0 Å². The van der Waals surface area contributed by atoms with Crippen molar-refractivity contribution in [3.63, 3.8) is 0 Å². The van der Waals surface area contributed by atoms with Gasteiger partial charge in [-0.1, -0.05) is 0 Å². The Kier molecular flexibility index (Phi) is 4.04. The molecule has 5 heteroatoms. The zero-order chi connectivity index (χ0) is 11.6. The van der Waals surface area contributed by atoms with Gasteiger partial charge in [0, 0.05) is 6.42 Å². The summed E-state index contributed by atoms with van der Waals surface area (Å²) in [5.41, 5.74) is -0.141. The Morgan fingerprint density at radius 2 is 1.93 bits per heavy atom. The molecule has 0 radical (unpaired) electrons. The second-order valence-corrected chi connectivity index (χ2v) is 4.05. The third-order valence-electron chi connectivity index (χ3n) is 1.91. The maximum Gasteiger partial charge on any atom is 0.175 e. The monoisotopic (exact) mass is 236 g/mol. The van der Waals surface area contributed by atoms with Crippen LogP contribution in [0.2, 0.25) is 0 Å². The molecule has 0 aliphatic rings. The maximum absolute atomic E-state index is 13.3. The molecule has 0 saturated heterocycles. The highest BCUT2D eigenvalue weighted by atomic mass is 32.2. The van der Waals surface area contributed by atoms with Gasteiger partial charge in [-0.25, -0.2) is 13.2 Å². The number of aliphatic hydroxyl groups is 1. The SMILES string of the molecule is CSc1c(F)cc(CC(C)O)c(F)c1F. The minimum atomic E-state index is -1.18. The topological polar surface area (TPSA) is 20.2 Å². The lowest BCUT2D eigenvalue weighted by Gasteiger charge is -2.09. The predicted molar refractivity (Wildman–Crippen MR) is 53.5 cm³/mol. The van der Waals surface area contributed by atoms with Crippen LogP contribution in [-0.2, 0) is 6.42 Å². The second-order valence-electron chi connectivity index (χ2n) is 3.23. The van der Waals surface area contributed by atoms with Crippen LogP contribution in [0.1, 0.15) is 12.5 Å². The van der Waals surface area contributed by atoms with Gasteiger partial charge in [0.25, 0.3) is 0 Å². The van der Waals surface area contributed by atoms with Crippen molar-refractivity contribution in [2.45, 2.75) is 24.3 Å². The van der Waals surface area contributed by atoms with Gasteiger partial charge in [0.15, 0.2) is 11.6 Å². The largest absolute Gasteiger partial charge is 0.393 e. The zero-order valence-corrected chi connectivity index (χ0v) is 9.17. The van der Waals surface area contributed by atoms with Crippen molar-refractivity contribution in [2.75, 3.05) is 6.26 Å². The Bertz CT molecular complexity index is 366. The molecular weight excluding hydrogens is 225 g/mol. The first-order valence-corrected chi connectivity index (χ1v) is 5.58. The quantitative estimate of drug-likeness (QED) is 0.643. The fourth-order valence-electron chi connectivity index (χ4n) is 1.28. The molecule has 1 nitrogen and oxygen atoms in total. The van der Waals surface area contributed by atoms with Crippen molar-refractivity contribution in [1.29, 1.82) is 0 Å². The van der Waals surface area contributed by atoms with E-state index in [0.717, 1.165) is 17.8 Å². The standard InChI is InChI=1S/C10H11F3OS/c1-5(14)3-6-4-7(11)10(15-2)9(13)8(6)12/h4-5,14H,3H2,1-2H3. The summed E-state index contributed by atoms with van der Waals surface area (Å²) in [6.45, 7) is 1.43. The van der Waals surface area contributed by atoms with Crippen LogP contribution in [0.25, 0.3) is 0 Å². The summed E-state index contributed by atoms with van der Waals surface area (Å²) in [6, 6.07) is 0.928. The Morgan fingerprint density at radius 3 is 2.40 bits per heavy atom. The number of rotatable bonds is 3. The summed E-state index contributed by atoms with van der Waals surface area (Å²) in [5, 5.41) is 9.02. The van der Waals surface area contributed by atoms with Gasteiger partial charge >= 0.3 is 0 Å². The van der Waals surface area contributed by atoms with E-state index < -0.39 is 23.6 Å². The van der Waals surface area contributed by atoms with E-state index in [1.165, 1.54) is 13.2 Å². The molecule has 15 heavy (non-hydrogen) atoms. The number of benzene rings is 1. The average Bonchev–Trinajstić information content (AvgIpc) is 2.14. The molecule has 1 atom stereocenters. The van der Waals surface area contributed by atoms with Crippen LogP contribution in [0.5, 0.6) is 0 Å². The molecule has 0 aliphatic carbocycles. The van der Waals surface area contributed by atoms with Gasteiger partial charge in [-0.3, -0.25) is 0 Å². The number of hydrogen-bond acceptors (Lipinski definition) is 2. The van der Waals surface area contributed by atoms with E-state index in [1.807, 2.05) is 0 Å². The van der Waals surface area contributed by atoms with E-state index in [1.54, 1.807) is 0 Å². The Hall–Kier alpha value is -0.680. The van der Waals surface area contributed by atoms with Crippen molar-refractivity contribution in [3.8, 4) is 0 Å². The summed E-state index contributed by atoms with van der Waals surface area (Å²) >= 11 is 0.811. The molecule has 1 N–H and O–H groups in total. The molecule has 0 heterocycles. The summed E-state index contributed by atoms with van der Waals surface area (Å²) in [5.74, 6) is -3.06. The van der Waals surface area contributed by atoms with Crippen molar-refractivity contribution >= 4 is 11.8 Å². The summed E-state index contributed by atoms with van der Waals surface area (Å²) in [7, 11) is 0. The lowest BCUT2D eigenvalue weighted by Crippen LogP contribution is -2.08. The molecule has 1 aromatic rings. The Labute approximate surface area is 90.3 Å². The molecule has 0 spiro atoms. The smallest absolute Gasteiger partial charge is 0.175 e. The van der Waals surface area contributed by atoms with Gasteiger partial charge in [-0.2, -0.15) is 0 Å². The van der Waals surface area contributed by atoms with Crippen LogP contribution < -0.4 is 0 Å². The lowest BCUT2D eigenvalue weighted by molar-refractivity contribution is 0.193. The van der Waals surface area contributed by atoms with Crippen molar-refractivity contribution in [3.05, 3.63) is 29.1 Å². The summed E-state index contributed by atoms with van der Waals surface area (Å²) in [4.78, 5) is -0.332. The molecule has 1 unspecified atom stereocenters. The van der Waals surface area contributed by atoms with Crippen LogP contribution in [0, 0.1) is 17.5 Å². The number of aliphatic hydroxyl groups excluding tert-OH is 1. The lowest BCUT2D eigenvalue weighted by atomic mass is 10.1. The van der Waals surface area contributed by atoms with Gasteiger partial charge in [0.05, 0.1) is 11.0 Å². The molecule has 1 rings (SSSR count). The fourth-order valence-corrected chi connectivity index (χ4v) is 1.80. The molecule has 1 aromatic carbocycles. The minimum absolute atomic E-state index is 0.103. The van der Waals surface area contributed by atoms with Gasteiger partial charge in [-0.05, 0) is 24.8 Å². The van der Waals surface area contributed by atoms with Crippen LogP contribution >= 0.6 is 11.8 Å². The molecule has 84 valence electrons. The molecule has 0 aromatic heterocycles. The van der Waals surface area contributed by atoms with E-state index in [0.29, 0.717) is 0 Å². The first-order chi connectivity index (χ1) is 6.97. The summed E-state index contributed by atoms with van der Waals surface area (Å²) < 4.78 is 39.8. The van der Waals surface area contributed by atoms with E-state index in [-0.39, 0.29) is 16.9 Å². The summed E-state index contributed by atoms with van der Waals surface area (Å²) in [6.07, 6.45) is 0.530. The molecule has 0 fully saturated rings. The minimum Gasteiger partial charge on any atom is -0.393 e. The van der Waals surface area contributed by atoms with E-state index in [9.17, 15) is 13.2 Å². The van der Waals surface area contributed by atoms with Crippen LogP contribution in [0.15, 0.2) is 11.0 Å². The van der Waals surface area contributed by atoms with Crippen LogP contribution in [-0.4, -0.2) is 17.5 Å². The number of halogens is 3. The third-order valence-corrected chi connectivity index (χ3v) is 2.69. The molecule has 0 aliphatic heterocycles. The first kappa shape index (κ1) is 12.4. The third kappa shape index (κ3) is 2.66. The fraction of sp³-hybridized carbons (Fsp3) is 0.400. The molecular formula is C10H11F3OS. The Morgan fingerprint density at radius 1 is 1.33 bits per heavy atom. The molecule has 0 amide bonds. The highest BCUT2D eigenvalue weighted by molar-refractivity contribution is 7.98. The molecule has 0 bridgehead atoms.